The van der Waals surface area contributed by atoms with Crippen LogP contribution in [0.3, 0.4) is 0 Å². The molecule has 0 saturated heterocycles. The summed E-state index contributed by atoms with van der Waals surface area (Å²) in [7, 11) is 0. The van der Waals surface area contributed by atoms with Crippen molar-refractivity contribution in [3.05, 3.63) is 65.9 Å². The molecule has 3 nitrogen and oxygen atoms in total. The molecular formula is C19H18N2O. The Kier molecular flexibility index (Phi) is 3.88. The van der Waals surface area contributed by atoms with Crippen LogP contribution in [-0.2, 0) is 6.42 Å². The van der Waals surface area contributed by atoms with Crippen molar-refractivity contribution in [1.82, 2.24) is 4.98 Å². The van der Waals surface area contributed by atoms with Gasteiger partial charge in [0.25, 0.3) is 0 Å². The number of carbonyl (C=O) groups is 1. The monoisotopic (exact) mass is 290 g/mol. The first-order chi connectivity index (χ1) is 10.7. The van der Waals surface area contributed by atoms with E-state index in [4.69, 9.17) is 0 Å². The molecule has 3 rings (SSSR count). The van der Waals surface area contributed by atoms with E-state index in [-0.39, 0.29) is 5.78 Å². The molecule has 0 bridgehead atoms. The van der Waals surface area contributed by atoms with E-state index in [0.29, 0.717) is 5.56 Å². The molecule has 22 heavy (non-hydrogen) atoms. The number of nitrogens with zero attached hydrogens (tertiary/aromatic N) is 1. The van der Waals surface area contributed by atoms with Crippen molar-refractivity contribution in [2.45, 2.75) is 20.3 Å². The predicted molar refractivity (Wildman–Crippen MR) is 90.9 cm³/mol. The summed E-state index contributed by atoms with van der Waals surface area (Å²) in [4.78, 5) is 15.9. The standard InChI is InChI=1S/C19H18N2O/c1-3-14-7-8-18-17(11-14)19(9-10-20-18)21-16-6-4-5-15(12-16)13(2)22/h4-12H,3H2,1-2H3,(H,20,21). The quantitative estimate of drug-likeness (QED) is 0.705. The molecular weight excluding hydrogens is 272 g/mol. The molecule has 0 aliphatic rings. The van der Waals surface area contributed by atoms with Crippen molar-refractivity contribution in [2.24, 2.45) is 0 Å². The Labute approximate surface area is 130 Å². The van der Waals surface area contributed by atoms with Crippen LogP contribution in [-0.4, -0.2) is 10.8 Å². The van der Waals surface area contributed by atoms with Crippen LogP contribution in [0.15, 0.2) is 54.7 Å². The lowest BCUT2D eigenvalue weighted by Gasteiger charge is -2.11. The highest BCUT2D eigenvalue weighted by Gasteiger charge is 2.05. The zero-order chi connectivity index (χ0) is 15.5. The lowest BCUT2D eigenvalue weighted by Crippen LogP contribution is -1.96. The van der Waals surface area contributed by atoms with Gasteiger partial charge in [-0.2, -0.15) is 0 Å². The fourth-order valence-corrected chi connectivity index (χ4v) is 2.49. The molecule has 0 spiro atoms. The molecule has 1 aromatic heterocycles. The molecule has 0 aliphatic heterocycles. The largest absolute Gasteiger partial charge is 0.355 e. The van der Waals surface area contributed by atoms with Gasteiger partial charge in [0.05, 0.1) is 5.52 Å². The van der Waals surface area contributed by atoms with E-state index in [2.05, 4.69) is 29.4 Å². The fourth-order valence-electron chi connectivity index (χ4n) is 2.49. The van der Waals surface area contributed by atoms with E-state index in [9.17, 15) is 4.79 Å². The Bertz CT molecular complexity index is 840. The Morgan fingerprint density at radius 1 is 1.14 bits per heavy atom. The minimum absolute atomic E-state index is 0.0662. The molecule has 0 amide bonds. The van der Waals surface area contributed by atoms with Gasteiger partial charge in [0.15, 0.2) is 5.78 Å². The van der Waals surface area contributed by atoms with E-state index in [0.717, 1.165) is 28.7 Å². The van der Waals surface area contributed by atoms with Gasteiger partial charge in [-0.3, -0.25) is 9.78 Å². The SMILES string of the molecule is CCc1ccc2nccc(Nc3cccc(C(C)=O)c3)c2c1. The summed E-state index contributed by atoms with van der Waals surface area (Å²) in [5.74, 6) is 0.0662. The van der Waals surface area contributed by atoms with Crippen molar-refractivity contribution in [1.29, 1.82) is 0 Å². The van der Waals surface area contributed by atoms with Crippen LogP contribution in [0, 0.1) is 0 Å². The smallest absolute Gasteiger partial charge is 0.159 e. The molecule has 1 N–H and O–H groups in total. The van der Waals surface area contributed by atoms with Gasteiger partial charge in [0.2, 0.25) is 0 Å². The summed E-state index contributed by atoms with van der Waals surface area (Å²) in [6, 6.07) is 15.8. The maximum atomic E-state index is 11.5. The molecule has 3 aromatic rings. The molecule has 0 atom stereocenters. The van der Waals surface area contributed by atoms with Crippen LogP contribution in [0.2, 0.25) is 0 Å². The fraction of sp³-hybridized carbons (Fsp3) is 0.158. The summed E-state index contributed by atoms with van der Waals surface area (Å²) < 4.78 is 0. The highest BCUT2D eigenvalue weighted by Crippen LogP contribution is 2.26. The van der Waals surface area contributed by atoms with Gasteiger partial charge in [0, 0.05) is 28.5 Å². The minimum Gasteiger partial charge on any atom is -0.355 e. The molecule has 0 unspecified atom stereocenters. The molecule has 1 heterocycles. The van der Waals surface area contributed by atoms with Crippen molar-refractivity contribution in [2.75, 3.05) is 5.32 Å². The first kappa shape index (κ1) is 14.3. The topological polar surface area (TPSA) is 42.0 Å². The summed E-state index contributed by atoms with van der Waals surface area (Å²) in [5, 5.41) is 4.49. The number of rotatable bonds is 4. The van der Waals surface area contributed by atoms with E-state index in [1.54, 1.807) is 13.1 Å². The number of benzene rings is 2. The summed E-state index contributed by atoms with van der Waals surface area (Å²) in [5.41, 5.74) is 4.85. The second kappa shape index (κ2) is 5.98. The van der Waals surface area contributed by atoms with E-state index in [1.165, 1.54) is 5.56 Å². The molecule has 0 aliphatic carbocycles. The highest BCUT2D eigenvalue weighted by molar-refractivity contribution is 5.96. The van der Waals surface area contributed by atoms with Crippen molar-refractivity contribution in [3.8, 4) is 0 Å². The normalized spacial score (nSPS) is 10.6. The number of fused-ring (bicyclic) bond motifs is 1. The summed E-state index contributed by atoms with van der Waals surface area (Å²) in [6.07, 6.45) is 2.79. The van der Waals surface area contributed by atoms with Gasteiger partial charge in [-0.05, 0) is 49.2 Å². The predicted octanol–water partition coefficient (Wildman–Crippen LogP) is 4.74. The number of hydrogen-bond donors (Lipinski definition) is 1. The molecule has 0 saturated carbocycles. The van der Waals surface area contributed by atoms with Gasteiger partial charge >= 0.3 is 0 Å². The maximum Gasteiger partial charge on any atom is 0.159 e. The Balaban J connectivity index is 2.03. The second-order valence-electron chi connectivity index (χ2n) is 5.33. The van der Waals surface area contributed by atoms with Gasteiger partial charge in [-0.25, -0.2) is 0 Å². The van der Waals surface area contributed by atoms with E-state index >= 15 is 0 Å². The lowest BCUT2D eigenvalue weighted by atomic mass is 10.1. The second-order valence-corrected chi connectivity index (χ2v) is 5.33. The van der Waals surface area contributed by atoms with Crippen LogP contribution in [0.5, 0.6) is 0 Å². The van der Waals surface area contributed by atoms with Crippen LogP contribution < -0.4 is 5.32 Å². The van der Waals surface area contributed by atoms with Gasteiger partial charge in [0.1, 0.15) is 0 Å². The van der Waals surface area contributed by atoms with E-state index in [1.807, 2.05) is 36.4 Å². The number of carbonyl (C=O) groups excluding carboxylic acids is 1. The average Bonchev–Trinajstić information content (AvgIpc) is 2.55. The van der Waals surface area contributed by atoms with Crippen LogP contribution in [0.1, 0.15) is 29.8 Å². The van der Waals surface area contributed by atoms with Crippen LogP contribution in [0.25, 0.3) is 10.9 Å². The number of aromatic nitrogens is 1. The molecule has 2 aromatic carbocycles. The number of hydrogen-bond acceptors (Lipinski definition) is 3. The number of nitrogens with one attached hydrogen (secondary N) is 1. The average molecular weight is 290 g/mol. The van der Waals surface area contributed by atoms with Crippen molar-refractivity contribution in [3.63, 3.8) is 0 Å². The Morgan fingerprint density at radius 2 is 2.00 bits per heavy atom. The first-order valence-corrected chi connectivity index (χ1v) is 7.43. The number of ketones is 1. The van der Waals surface area contributed by atoms with E-state index < -0.39 is 0 Å². The highest BCUT2D eigenvalue weighted by atomic mass is 16.1. The zero-order valence-corrected chi connectivity index (χ0v) is 12.8. The Hall–Kier alpha value is -2.68. The number of anilines is 2. The van der Waals surface area contributed by atoms with Gasteiger partial charge in [-0.15, -0.1) is 0 Å². The zero-order valence-electron chi connectivity index (χ0n) is 12.8. The van der Waals surface area contributed by atoms with Crippen molar-refractivity contribution < 1.29 is 4.79 Å². The molecule has 0 radical (unpaired) electrons. The summed E-state index contributed by atoms with van der Waals surface area (Å²) >= 11 is 0. The summed E-state index contributed by atoms with van der Waals surface area (Å²) in [6.45, 7) is 3.72. The first-order valence-electron chi connectivity index (χ1n) is 7.43. The minimum atomic E-state index is 0.0662. The molecule has 3 heteroatoms. The van der Waals surface area contributed by atoms with Gasteiger partial charge < -0.3 is 5.32 Å². The Morgan fingerprint density at radius 3 is 2.77 bits per heavy atom. The van der Waals surface area contributed by atoms with Crippen LogP contribution >= 0.6 is 0 Å². The number of Topliss-reactive ketones (excluding diaryl/α,β-unsaturated/α-hetero) is 1. The third kappa shape index (κ3) is 2.84. The molecule has 0 fully saturated rings. The lowest BCUT2D eigenvalue weighted by molar-refractivity contribution is 0.101. The third-order valence-corrected chi connectivity index (χ3v) is 3.76. The molecule has 110 valence electrons. The van der Waals surface area contributed by atoms with Gasteiger partial charge in [-0.1, -0.05) is 25.1 Å². The maximum absolute atomic E-state index is 11.5. The van der Waals surface area contributed by atoms with Crippen molar-refractivity contribution >= 4 is 28.1 Å². The number of pyridine rings is 1. The third-order valence-electron chi connectivity index (χ3n) is 3.76. The number of aryl methyl sites for hydroxylation is 1. The van der Waals surface area contributed by atoms with Crippen LogP contribution in [0.4, 0.5) is 11.4 Å².